The van der Waals surface area contributed by atoms with Crippen LogP contribution < -0.4 is 0 Å². The Morgan fingerprint density at radius 1 is 0.667 bits per heavy atom. The minimum atomic E-state index is 0.864. The molecule has 0 atom stereocenters. The number of benzene rings is 4. The first-order valence-electron chi connectivity index (χ1n) is 8.02. The zero-order chi connectivity index (χ0) is 15.9. The van der Waals surface area contributed by atoms with E-state index < -0.39 is 0 Å². The molecule has 0 bridgehead atoms. The second-order valence-electron chi connectivity index (χ2n) is 5.95. The third kappa shape index (κ3) is 1.97. The fourth-order valence-corrected chi connectivity index (χ4v) is 3.42. The van der Waals surface area contributed by atoms with Gasteiger partial charge in [0.05, 0.1) is 17.6 Å². The Hall–Kier alpha value is -3.26. The SMILES string of the molecule is C(=Nc1ccc2ccc3cccc4ccc1c2c34)c1ccccn1. The number of aromatic nitrogens is 1. The molecule has 1 aromatic heterocycles. The molecular formula is C22H14N2. The molecule has 0 spiro atoms. The van der Waals surface area contributed by atoms with E-state index in [0.717, 1.165) is 11.4 Å². The number of aliphatic imine (C=N–C) groups is 1. The van der Waals surface area contributed by atoms with Crippen LogP contribution in [0.3, 0.4) is 0 Å². The van der Waals surface area contributed by atoms with Gasteiger partial charge in [0.2, 0.25) is 0 Å². The quantitative estimate of drug-likeness (QED) is 0.302. The second kappa shape index (κ2) is 5.14. The van der Waals surface area contributed by atoms with Gasteiger partial charge in [0.25, 0.3) is 0 Å². The first-order chi connectivity index (χ1) is 11.9. The molecule has 24 heavy (non-hydrogen) atoms. The van der Waals surface area contributed by atoms with Gasteiger partial charge in [-0.2, -0.15) is 0 Å². The first-order valence-corrected chi connectivity index (χ1v) is 8.02. The number of rotatable bonds is 2. The molecule has 0 aliphatic rings. The van der Waals surface area contributed by atoms with E-state index in [1.165, 1.54) is 32.3 Å². The van der Waals surface area contributed by atoms with Crippen LogP contribution in [0.5, 0.6) is 0 Å². The minimum Gasteiger partial charge on any atom is -0.255 e. The fourth-order valence-electron chi connectivity index (χ4n) is 3.42. The Morgan fingerprint density at radius 2 is 1.42 bits per heavy atom. The van der Waals surface area contributed by atoms with Crippen molar-refractivity contribution < 1.29 is 0 Å². The maximum absolute atomic E-state index is 4.69. The first kappa shape index (κ1) is 13.2. The van der Waals surface area contributed by atoms with E-state index in [9.17, 15) is 0 Å². The maximum atomic E-state index is 4.69. The summed E-state index contributed by atoms with van der Waals surface area (Å²) in [7, 11) is 0. The molecule has 5 rings (SSSR count). The average molecular weight is 306 g/mol. The van der Waals surface area contributed by atoms with Crippen LogP contribution in [0.25, 0.3) is 32.3 Å². The second-order valence-corrected chi connectivity index (χ2v) is 5.95. The van der Waals surface area contributed by atoms with Crippen molar-refractivity contribution in [3.05, 3.63) is 84.7 Å². The summed E-state index contributed by atoms with van der Waals surface area (Å²) in [4.78, 5) is 9.00. The summed E-state index contributed by atoms with van der Waals surface area (Å²) in [5.41, 5.74) is 1.84. The Kier molecular flexibility index (Phi) is 2.83. The highest BCUT2D eigenvalue weighted by Gasteiger charge is 2.09. The molecule has 0 aliphatic heterocycles. The van der Waals surface area contributed by atoms with Crippen LogP contribution in [-0.2, 0) is 0 Å². The molecular weight excluding hydrogens is 292 g/mol. The summed E-state index contributed by atoms with van der Waals surface area (Å²) in [5.74, 6) is 0. The zero-order valence-electron chi connectivity index (χ0n) is 13.0. The minimum absolute atomic E-state index is 0.864. The Labute approximate surface area is 139 Å². The number of nitrogens with zero attached hydrogens (tertiary/aromatic N) is 2. The van der Waals surface area contributed by atoms with Gasteiger partial charge in [-0.25, -0.2) is 0 Å². The molecule has 1 heterocycles. The van der Waals surface area contributed by atoms with E-state index in [1.807, 2.05) is 24.4 Å². The summed E-state index contributed by atoms with van der Waals surface area (Å²) in [6, 6.07) is 25.3. The van der Waals surface area contributed by atoms with E-state index in [4.69, 9.17) is 4.99 Å². The lowest BCUT2D eigenvalue weighted by Gasteiger charge is -2.11. The van der Waals surface area contributed by atoms with Crippen molar-refractivity contribution in [3.8, 4) is 0 Å². The summed E-state index contributed by atoms with van der Waals surface area (Å²) < 4.78 is 0. The van der Waals surface area contributed by atoms with Gasteiger partial charge < -0.3 is 0 Å². The van der Waals surface area contributed by atoms with Gasteiger partial charge in [-0.1, -0.05) is 54.6 Å². The molecule has 5 aromatic rings. The highest BCUT2D eigenvalue weighted by molar-refractivity contribution is 6.25. The summed E-state index contributed by atoms with van der Waals surface area (Å²) in [6.45, 7) is 0. The molecule has 112 valence electrons. The average Bonchev–Trinajstić information content (AvgIpc) is 2.66. The monoisotopic (exact) mass is 306 g/mol. The fraction of sp³-hybridized carbons (Fsp3) is 0. The van der Waals surface area contributed by atoms with Crippen molar-refractivity contribution in [3.63, 3.8) is 0 Å². The van der Waals surface area contributed by atoms with Crippen molar-refractivity contribution in [1.29, 1.82) is 0 Å². The highest BCUT2D eigenvalue weighted by Crippen LogP contribution is 2.38. The molecule has 0 N–H and O–H groups in total. The standard InChI is InChI=1S/C22H14N2/c1-2-13-23-18(6-1)14-24-20-12-10-17-8-7-15-4-3-5-16-9-11-19(20)22(17)21(15)16/h1-14H. The van der Waals surface area contributed by atoms with E-state index in [-0.39, 0.29) is 0 Å². The molecule has 0 amide bonds. The summed E-state index contributed by atoms with van der Waals surface area (Å²) >= 11 is 0. The highest BCUT2D eigenvalue weighted by atomic mass is 14.8. The lowest BCUT2D eigenvalue weighted by atomic mass is 9.94. The van der Waals surface area contributed by atoms with Gasteiger partial charge in [0.1, 0.15) is 0 Å². The van der Waals surface area contributed by atoms with Crippen LogP contribution in [0.1, 0.15) is 5.69 Å². The summed E-state index contributed by atoms with van der Waals surface area (Å²) in [5, 5.41) is 7.60. The lowest BCUT2D eigenvalue weighted by Crippen LogP contribution is -1.86. The lowest BCUT2D eigenvalue weighted by molar-refractivity contribution is 1.30. The third-order valence-corrected chi connectivity index (χ3v) is 4.53. The van der Waals surface area contributed by atoms with Gasteiger partial charge >= 0.3 is 0 Å². The molecule has 0 unspecified atom stereocenters. The molecule has 0 fully saturated rings. The number of hydrogen-bond donors (Lipinski definition) is 0. The van der Waals surface area contributed by atoms with Crippen molar-refractivity contribution in [1.82, 2.24) is 4.98 Å². The largest absolute Gasteiger partial charge is 0.255 e. The predicted molar refractivity (Wildman–Crippen MR) is 102 cm³/mol. The molecule has 0 saturated carbocycles. The molecule has 0 aliphatic carbocycles. The van der Waals surface area contributed by atoms with E-state index in [0.29, 0.717) is 0 Å². The van der Waals surface area contributed by atoms with Gasteiger partial charge in [0.15, 0.2) is 0 Å². The van der Waals surface area contributed by atoms with Crippen LogP contribution in [0.2, 0.25) is 0 Å². The van der Waals surface area contributed by atoms with Crippen LogP contribution in [0, 0.1) is 0 Å². The Bertz CT molecular complexity index is 1170. The van der Waals surface area contributed by atoms with E-state index in [2.05, 4.69) is 59.6 Å². The Morgan fingerprint density at radius 3 is 2.21 bits per heavy atom. The van der Waals surface area contributed by atoms with Crippen molar-refractivity contribution in [2.24, 2.45) is 4.99 Å². The topological polar surface area (TPSA) is 25.2 Å². The van der Waals surface area contributed by atoms with E-state index >= 15 is 0 Å². The smallest absolute Gasteiger partial charge is 0.0812 e. The molecule has 4 aromatic carbocycles. The Balaban J connectivity index is 1.80. The molecule has 0 saturated heterocycles. The van der Waals surface area contributed by atoms with E-state index in [1.54, 1.807) is 6.20 Å². The zero-order valence-corrected chi connectivity index (χ0v) is 13.0. The number of hydrogen-bond acceptors (Lipinski definition) is 2. The van der Waals surface area contributed by atoms with Gasteiger partial charge in [-0.15, -0.1) is 0 Å². The summed E-state index contributed by atoms with van der Waals surface area (Å²) in [6.07, 6.45) is 3.61. The van der Waals surface area contributed by atoms with Crippen LogP contribution in [0.15, 0.2) is 84.0 Å². The van der Waals surface area contributed by atoms with Crippen LogP contribution in [0.4, 0.5) is 5.69 Å². The predicted octanol–water partition coefficient (Wildman–Crippen LogP) is 5.73. The van der Waals surface area contributed by atoms with Gasteiger partial charge in [0, 0.05) is 11.6 Å². The molecule has 0 radical (unpaired) electrons. The third-order valence-electron chi connectivity index (χ3n) is 4.53. The number of pyridine rings is 1. The van der Waals surface area contributed by atoms with Crippen LogP contribution >= 0.6 is 0 Å². The van der Waals surface area contributed by atoms with Gasteiger partial charge in [-0.05, 0) is 45.1 Å². The van der Waals surface area contributed by atoms with Crippen LogP contribution in [-0.4, -0.2) is 11.2 Å². The van der Waals surface area contributed by atoms with Crippen molar-refractivity contribution in [2.45, 2.75) is 0 Å². The molecule has 2 nitrogen and oxygen atoms in total. The van der Waals surface area contributed by atoms with Crippen molar-refractivity contribution in [2.75, 3.05) is 0 Å². The molecule has 2 heteroatoms. The van der Waals surface area contributed by atoms with Gasteiger partial charge in [-0.3, -0.25) is 9.98 Å². The van der Waals surface area contributed by atoms with Crippen molar-refractivity contribution >= 4 is 44.2 Å². The normalized spacial score (nSPS) is 12.0. The maximum Gasteiger partial charge on any atom is 0.0812 e.